The standard InChI is InChI=1S/C14H18O2/c1-8-7-13(12(5)14(15)16-6)11(4)10(3)9(8)2/h7H,5H2,1-4,6H3. The summed E-state index contributed by atoms with van der Waals surface area (Å²) in [5, 5.41) is 0. The van der Waals surface area contributed by atoms with Gasteiger partial charge < -0.3 is 4.74 Å². The molecule has 16 heavy (non-hydrogen) atoms. The van der Waals surface area contributed by atoms with E-state index in [0.29, 0.717) is 5.57 Å². The fourth-order valence-corrected chi connectivity index (χ4v) is 1.76. The van der Waals surface area contributed by atoms with Crippen LogP contribution in [0.1, 0.15) is 27.8 Å². The Balaban J connectivity index is 3.36. The molecule has 0 heterocycles. The molecule has 0 bridgehead atoms. The van der Waals surface area contributed by atoms with Gasteiger partial charge in [-0.1, -0.05) is 12.6 Å². The van der Waals surface area contributed by atoms with E-state index >= 15 is 0 Å². The van der Waals surface area contributed by atoms with Crippen molar-refractivity contribution in [3.63, 3.8) is 0 Å². The summed E-state index contributed by atoms with van der Waals surface area (Å²) in [6.45, 7) is 12.0. The number of methoxy groups -OCH3 is 1. The van der Waals surface area contributed by atoms with Crippen LogP contribution in [0.2, 0.25) is 0 Å². The number of carbonyl (C=O) groups is 1. The second kappa shape index (κ2) is 4.52. The molecule has 1 aromatic rings. The van der Waals surface area contributed by atoms with Gasteiger partial charge in [0.25, 0.3) is 0 Å². The Morgan fingerprint density at radius 1 is 1.12 bits per heavy atom. The Hall–Kier alpha value is -1.57. The van der Waals surface area contributed by atoms with Crippen LogP contribution < -0.4 is 0 Å². The zero-order valence-electron chi connectivity index (χ0n) is 10.6. The lowest BCUT2D eigenvalue weighted by molar-refractivity contribution is -0.133. The van der Waals surface area contributed by atoms with Crippen molar-refractivity contribution in [1.82, 2.24) is 0 Å². The van der Waals surface area contributed by atoms with Gasteiger partial charge in [-0.15, -0.1) is 0 Å². The molecule has 0 spiro atoms. The van der Waals surface area contributed by atoms with Crippen molar-refractivity contribution in [3.8, 4) is 0 Å². The summed E-state index contributed by atoms with van der Waals surface area (Å²) in [5.41, 5.74) is 6.04. The molecule has 0 aliphatic carbocycles. The van der Waals surface area contributed by atoms with Gasteiger partial charge in [-0.2, -0.15) is 0 Å². The molecule has 0 aliphatic rings. The van der Waals surface area contributed by atoms with E-state index in [1.165, 1.54) is 23.8 Å². The van der Waals surface area contributed by atoms with Gasteiger partial charge in [0.1, 0.15) is 0 Å². The van der Waals surface area contributed by atoms with Crippen molar-refractivity contribution in [2.45, 2.75) is 27.7 Å². The summed E-state index contributed by atoms with van der Waals surface area (Å²) in [6, 6.07) is 2.00. The van der Waals surface area contributed by atoms with Gasteiger partial charge in [-0.3, -0.25) is 0 Å². The number of carbonyl (C=O) groups excluding carboxylic acids is 1. The van der Waals surface area contributed by atoms with Crippen molar-refractivity contribution in [3.05, 3.63) is 40.5 Å². The summed E-state index contributed by atoms with van der Waals surface area (Å²) >= 11 is 0. The highest BCUT2D eigenvalue weighted by atomic mass is 16.5. The van der Waals surface area contributed by atoms with Crippen LogP contribution in [0.4, 0.5) is 0 Å². The molecule has 2 heteroatoms. The van der Waals surface area contributed by atoms with Crippen molar-refractivity contribution in [1.29, 1.82) is 0 Å². The van der Waals surface area contributed by atoms with Crippen molar-refractivity contribution >= 4 is 11.5 Å². The molecule has 1 aromatic carbocycles. The van der Waals surface area contributed by atoms with E-state index in [2.05, 4.69) is 20.4 Å². The molecule has 0 atom stereocenters. The van der Waals surface area contributed by atoms with Gasteiger partial charge >= 0.3 is 5.97 Å². The number of rotatable bonds is 2. The molecule has 0 amide bonds. The summed E-state index contributed by atoms with van der Waals surface area (Å²) in [7, 11) is 1.37. The molecular formula is C14H18O2. The molecule has 0 aliphatic heterocycles. The van der Waals surface area contributed by atoms with E-state index in [4.69, 9.17) is 4.74 Å². The Labute approximate surface area is 96.9 Å². The van der Waals surface area contributed by atoms with Crippen LogP contribution >= 0.6 is 0 Å². The molecule has 0 aromatic heterocycles. The number of hydrogen-bond donors (Lipinski definition) is 0. The quantitative estimate of drug-likeness (QED) is 0.563. The van der Waals surface area contributed by atoms with Crippen LogP contribution in [0.5, 0.6) is 0 Å². The zero-order chi connectivity index (χ0) is 12.5. The summed E-state index contributed by atoms with van der Waals surface area (Å²) in [6.07, 6.45) is 0. The maximum absolute atomic E-state index is 11.5. The number of esters is 1. The highest BCUT2D eigenvalue weighted by Crippen LogP contribution is 2.26. The average Bonchev–Trinajstić information content (AvgIpc) is 2.29. The van der Waals surface area contributed by atoms with Crippen LogP contribution in [0.3, 0.4) is 0 Å². The largest absolute Gasteiger partial charge is 0.465 e. The molecule has 0 saturated heterocycles. The normalized spacial score (nSPS) is 10.1. The van der Waals surface area contributed by atoms with Crippen LogP contribution in [-0.4, -0.2) is 13.1 Å². The third kappa shape index (κ3) is 2.01. The van der Waals surface area contributed by atoms with E-state index in [9.17, 15) is 4.79 Å². The van der Waals surface area contributed by atoms with E-state index in [-0.39, 0.29) is 5.97 Å². The highest BCUT2D eigenvalue weighted by molar-refractivity contribution is 6.16. The zero-order valence-corrected chi connectivity index (χ0v) is 10.6. The monoisotopic (exact) mass is 218 g/mol. The van der Waals surface area contributed by atoms with Gasteiger partial charge in [0.05, 0.1) is 12.7 Å². The van der Waals surface area contributed by atoms with Gasteiger partial charge in [0.15, 0.2) is 0 Å². The number of aryl methyl sites for hydroxylation is 1. The second-order valence-electron chi connectivity index (χ2n) is 4.09. The summed E-state index contributed by atoms with van der Waals surface area (Å²) < 4.78 is 4.69. The van der Waals surface area contributed by atoms with Gasteiger partial charge in [-0.05, 0) is 55.5 Å². The maximum atomic E-state index is 11.5. The fourth-order valence-electron chi connectivity index (χ4n) is 1.76. The van der Waals surface area contributed by atoms with E-state index in [0.717, 1.165) is 11.1 Å². The summed E-state index contributed by atoms with van der Waals surface area (Å²) in [5.74, 6) is -0.370. The summed E-state index contributed by atoms with van der Waals surface area (Å²) in [4.78, 5) is 11.5. The van der Waals surface area contributed by atoms with Gasteiger partial charge in [0.2, 0.25) is 0 Å². The second-order valence-corrected chi connectivity index (χ2v) is 4.09. The minimum atomic E-state index is -0.370. The van der Waals surface area contributed by atoms with Crippen LogP contribution in [-0.2, 0) is 9.53 Å². The molecule has 0 saturated carbocycles. The Bertz CT molecular complexity index is 456. The average molecular weight is 218 g/mol. The first-order valence-electron chi connectivity index (χ1n) is 5.25. The molecule has 0 unspecified atom stereocenters. The Morgan fingerprint density at radius 2 is 1.69 bits per heavy atom. The lowest BCUT2D eigenvalue weighted by Gasteiger charge is -2.14. The van der Waals surface area contributed by atoms with Gasteiger partial charge in [-0.25, -0.2) is 4.79 Å². The van der Waals surface area contributed by atoms with Crippen molar-refractivity contribution < 1.29 is 9.53 Å². The molecule has 2 nitrogen and oxygen atoms in total. The van der Waals surface area contributed by atoms with E-state index < -0.39 is 0 Å². The minimum Gasteiger partial charge on any atom is -0.465 e. The smallest absolute Gasteiger partial charge is 0.337 e. The minimum absolute atomic E-state index is 0.370. The first-order valence-corrected chi connectivity index (χ1v) is 5.25. The number of hydrogen-bond acceptors (Lipinski definition) is 2. The number of benzene rings is 1. The van der Waals surface area contributed by atoms with Crippen molar-refractivity contribution in [2.24, 2.45) is 0 Å². The van der Waals surface area contributed by atoms with Gasteiger partial charge in [0, 0.05) is 0 Å². The SMILES string of the molecule is C=C(C(=O)OC)c1cc(C)c(C)c(C)c1C. The first kappa shape index (κ1) is 12.5. The first-order chi connectivity index (χ1) is 7.40. The lowest BCUT2D eigenvalue weighted by Crippen LogP contribution is -2.06. The molecule has 0 N–H and O–H groups in total. The molecular weight excluding hydrogens is 200 g/mol. The highest BCUT2D eigenvalue weighted by Gasteiger charge is 2.15. The predicted molar refractivity (Wildman–Crippen MR) is 66.4 cm³/mol. The number of ether oxygens (including phenoxy) is 1. The molecule has 86 valence electrons. The van der Waals surface area contributed by atoms with Crippen molar-refractivity contribution in [2.75, 3.05) is 7.11 Å². The van der Waals surface area contributed by atoms with Crippen LogP contribution in [0.15, 0.2) is 12.6 Å². The van der Waals surface area contributed by atoms with E-state index in [1.54, 1.807) is 0 Å². The third-order valence-electron chi connectivity index (χ3n) is 3.24. The van der Waals surface area contributed by atoms with E-state index in [1.807, 2.05) is 19.9 Å². The molecule has 0 fully saturated rings. The third-order valence-corrected chi connectivity index (χ3v) is 3.24. The maximum Gasteiger partial charge on any atom is 0.337 e. The lowest BCUT2D eigenvalue weighted by atomic mass is 9.91. The predicted octanol–water partition coefficient (Wildman–Crippen LogP) is 3.11. The fraction of sp³-hybridized carbons (Fsp3) is 0.357. The Kier molecular flexibility index (Phi) is 3.53. The molecule has 0 radical (unpaired) electrons. The Morgan fingerprint density at radius 3 is 2.19 bits per heavy atom. The van der Waals surface area contributed by atoms with Crippen LogP contribution in [0.25, 0.3) is 5.57 Å². The van der Waals surface area contributed by atoms with Crippen LogP contribution in [0, 0.1) is 27.7 Å². The topological polar surface area (TPSA) is 26.3 Å². The molecule has 1 rings (SSSR count).